The van der Waals surface area contributed by atoms with E-state index < -0.39 is 23.7 Å². The highest BCUT2D eigenvalue weighted by Crippen LogP contribution is 2.18. The number of rotatable bonds is 5. The zero-order chi connectivity index (χ0) is 15.2. The van der Waals surface area contributed by atoms with E-state index >= 15 is 0 Å². The second kappa shape index (κ2) is 6.60. The molecule has 2 rings (SSSR count). The van der Waals surface area contributed by atoms with Gasteiger partial charge in [-0.15, -0.1) is 0 Å². The maximum Gasteiger partial charge on any atom is 0.305 e. The predicted octanol–water partition coefficient (Wildman–Crippen LogP) is 2.17. The van der Waals surface area contributed by atoms with Crippen LogP contribution >= 0.6 is 0 Å². The summed E-state index contributed by atoms with van der Waals surface area (Å²) < 4.78 is 12.9. The average Bonchev–Trinajstić information content (AvgIpc) is 2.48. The molecule has 0 aliphatic carbocycles. The molecule has 0 aliphatic rings. The summed E-state index contributed by atoms with van der Waals surface area (Å²) in [4.78, 5) is 26.8. The van der Waals surface area contributed by atoms with E-state index in [4.69, 9.17) is 5.11 Å². The van der Waals surface area contributed by atoms with Gasteiger partial charge in [0.1, 0.15) is 5.82 Å². The number of carboxylic acid groups (broad SMARTS) is 1. The van der Waals surface area contributed by atoms with Crippen LogP contribution in [0.25, 0.3) is 0 Å². The minimum Gasteiger partial charge on any atom is -0.481 e. The van der Waals surface area contributed by atoms with Gasteiger partial charge in [0.25, 0.3) is 5.91 Å². The van der Waals surface area contributed by atoms with Crippen molar-refractivity contribution in [3.05, 3.63) is 65.7 Å². The highest BCUT2D eigenvalue weighted by Gasteiger charge is 2.19. The van der Waals surface area contributed by atoms with Gasteiger partial charge in [0.05, 0.1) is 18.0 Å². The van der Waals surface area contributed by atoms with Gasteiger partial charge in [-0.3, -0.25) is 14.6 Å². The lowest BCUT2D eigenvalue weighted by Gasteiger charge is -2.17. The number of benzene rings is 1. The number of halogens is 1. The Bertz CT molecular complexity index is 629. The number of carbonyl (C=O) groups is 2. The van der Waals surface area contributed by atoms with E-state index in [9.17, 15) is 14.0 Å². The molecule has 0 fully saturated rings. The van der Waals surface area contributed by atoms with Crippen LogP contribution in [0.3, 0.4) is 0 Å². The van der Waals surface area contributed by atoms with E-state index in [2.05, 4.69) is 10.3 Å². The molecule has 108 valence electrons. The number of nitrogens with zero attached hydrogens (tertiary/aromatic N) is 1. The largest absolute Gasteiger partial charge is 0.481 e. The molecule has 2 aromatic rings. The first-order valence-corrected chi connectivity index (χ1v) is 6.24. The van der Waals surface area contributed by atoms with Crippen molar-refractivity contribution >= 4 is 11.9 Å². The van der Waals surface area contributed by atoms with Crippen LogP contribution in [-0.4, -0.2) is 22.0 Å². The van der Waals surface area contributed by atoms with Gasteiger partial charge in [0.15, 0.2) is 0 Å². The van der Waals surface area contributed by atoms with Crippen LogP contribution in [0.2, 0.25) is 0 Å². The topological polar surface area (TPSA) is 79.3 Å². The summed E-state index contributed by atoms with van der Waals surface area (Å²) in [5, 5.41) is 11.6. The maximum atomic E-state index is 12.9. The van der Waals surface area contributed by atoms with Crippen molar-refractivity contribution in [2.24, 2.45) is 0 Å². The third kappa shape index (κ3) is 4.10. The minimum absolute atomic E-state index is 0.294. The molecule has 0 spiro atoms. The summed E-state index contributed by atoms with van der Waals surface area (Å²) in [7, 11) is 0. The van der Waals surface area contributed by atoms with Crippen LogP contribution in [0.4, 0.5) is 4.39 Å². The summed E-state index contributed by atoms with van der Waals surface area (Å²) in [6.07, 6.45) is 2.63. The number of nitrogens with one attached hydrogen (secondary N) is 1. The van der Waals surface area contributed by atoms with Crippen molar-refractivity contribution in [1.82, 2.24) is 10.3 Å². The van der Waals surface area contributed by atoms with Gasteiger partial charge in [-0.1, -0.05) is 12.1 Å². The molecule has 1 atom stereocenters. The molecule has 0 unspecified atom stereocenters. The molecule has 0 aliphatic heterocycles. The van der Waals surface area contributed by atoms with Crippen molar-refractivity contribution in [1.29, 1.82) is 0 Å². The first-order valence-electron chi connectivity index (χ1n) is 6.24. The van der Waals surface area contributed by atoms with E-state index in [0.717, 1.165) is 0 Å². The van der Waals surface area contributed by atoms with Crippen LogP contribution in [0, 0.1) is 5.82 Å². The van der Waals surface area contributed by atoms with E-state index in [0.29, 0.717) is 11.1 Å². The second-order valence-corrected chi connectivity index (χ2v) is 4.42. The number of amides is 1. The van der Waals surface area contributed by atoms with Crippen LogP contribution in [0.15, 0.2) is 48.8 Å². The fraction of sp³-hybridized carbons (Fsp3) is 0.133. The molecule has 6 heteroatoms. The second-order valence-electron chi connectivity index (χ2n) is 4.42. The normalized spacial score (nSPS) is 11.7. The fourth-order valence-corrected chi connectivity index (χ4v) is 1.86. The molecular weight excluding hydrogens is 275 g/mol. The van der Waals surface area contributed by atoms with Crippen LogP contribution in [0.1, 0.15) is 28.4 Å². The number of hydrogen-bond acceptors (Lipinski definition) is 3. The quantitative estimate of drug-likeness (QED) is 0.883. The maximum absolute atomic E-state index is 12.9. The number of pyridine rings is 1. The molecule has 5 nitrogen and oxygen atoms in total. The van der Waals surface area contributed by atoms with Crippen LogP contribution in [-0.2, 0) is 4.79 Å². The molecule has 0 saturated heterocycles. The Hall–Kier alpha value is -2.76. The Labute approximate surface area is 120 Å². The first kappa shape index (κ1) is 14.6. The molecule has 1 amide bonds. The molecule has 1 aromatic carbocycles. The number of aromatic nitrogens is 1. The molecule has 1 aromatic heterocycles. The van der Waals surface area contributed by atoms with E-state index in [1.807, 2.05) is 0 Å². The summed E-state index contributed by atoms with van der Waals surface area (Å²) in [6.45, 7) is 0. The van der Waals surface area contributed by atoms with Crippen molar-refractivity contribution in [3.8, 4) is 0 Å². The van der Waals surface area contributed by atoms with Gasteiger partial charge < -0.3 is 10.4 Å². The number of carboxylic acids is 1. The predicted molar refractivity (Wildman–Crippen MR) is 73.1 cm³/mol. The molecule has 0 radical (unpaired) electrons. The Morgan fingerprint density at radius 2 is 1.95 bits per heavy atom. The van der Waals surface area contributed by atoms with Gasteiger partial charge >= 0.3 is 5.97 Å². The van der Waals surface area contributed by atoms with E-state index in [1.165, 1.54) is 36.7 Å². The van der Waals surface area contributed by atoms with Gasteiger partial charge in [0.2, 0.25) is 0 Å². The third-order valence-electron chi connectivity index (χ3n) is 2.88. The minimum atomic E-state index is -1.06. The lowest BCUT2D eigenvalue weighted by atomic mass is 10.0. The summed E-state index contributed by atoms with van der Waals surface area (Å²) in [5.41, 5.74) is 0.853. The zero-order valence-corrected chi connectivity index (χ0v) is 11.0. The molecular formula is C15H13FN2O3. The lowest BCUT2D eigenvalue weighted by molar-refractivity contribution is -0.137. The number of carbonyl (C=O) groups excluding carboxylic acids is 1. The van der Waals surface area contributed by atoms with E-state index in [-0.39, 0.29) is 6.42 Å². The van der Waals surface area contributed by atoms with E-state index in [1.54, 1.807) is 12.1 Å². The van der Waals surface area contributed by atoms with Crippen LogP contribution < -0.4 is 5.32 Å². The Morgan fingerprint density at radius 3 is 2.52 bits per heavy atom. The average molecular weight is 288 g/mol. The van der Waals surface area contributed by atoms with Crippen molar-refractivity contribution < 1.29 is 19.1 Å². The third-order valence-corrected chi connectivity index (χ3v) is 2.88. The lowest BCUT2D eigenvalue weighted by Crippen LogP contribution is -2.30. The summed E-state index contributed by atoms with van der Waals surface area (Å²) in [5.74, 6) is -1.92. The van der Waals surface area contributed by atoms with Gasteiger partial charge in [-0.05, 0) is 29.8 Å². The zero-order valence-electron chi connectivity index (χ0n) is 11.0. The molecule has 0 saturated carbocycles. The number of hydrogen-bond donors (Lipinski definition) is 2. The Kier molecular flexibility index (Phi) is 4.61. The Balaban J connectivity index is 2.18. The molecule has 21 heavy (non-hydrogen) atoms. The monoisotopic (exact) mass is 288 g/mol. The number of aliphatic carboxylic acids is 1. The van der Waals surface area contributed by atoms with Crippen molar-refractivity contribution in [2.75, 3.05) is 0 Å². The van der Waals surface area contributed by atoms with Gasteiger partial charge in [0, 0.05) is 12.4 Å². The van der Waals surface area contributed by atoms with Crippen molar-refractivity contribution in [3.63, 3.8) is 0 Å². The van der Waals surface area contributed by atoms with Crippen molar-refractivity contribution in [2.45, 2.75) is 12.5 Å². The SMILES string of the molecule is O=C(O)C[C@@H](NC(=O)c1cccnc1)c1ccc(F)cc1. The Morgan fingerprint density at radius 1 is 1.24 bits per heavy atom. The van der Waals surface area contributed by atoms with Gasteiger partial charge in [-0.2, -0.15) is 0 Å². The van der Waals surface area contributed by atoms with Gasteiger partial charge in [-0.25, -0.2) is 4.39 Å². The molecule has 1 heterocycles. The highest BCUT2D eigenvalue weighted by atomic mass is 19.1. The highest BCUT2D eigenvalue weighted by molar-refractivity contribution is 5.94. The molecule has 2 N–H and O–H groups in total. The summed E-state index contributed by atoms with van der Waals surface area (Å²) >= 11 is 0. The fourth-order valence-electron chi connectivity index (χ4n) is 1.86. The standard InChI is InChI=1S/C15H13FN2O3/c16-12-5-3-10(4-6-12)13(8-14(19)20)18-15(21)11-2-1-7-17-9-11/h1-7,9,13H,8H2,(H,18,21)(H,19,20)/t13-/m1/s1. The van der Waals surface area contributed by atoms with Crippen LogP contribution in [0.5, 0.6) is 0 Å². The summed E-state index contributed by atoms with van der Waals surface area (Å²) in [6, 6.07) is 7.79. The smallest absolute Gasteiger partial charge is 0.305 e. The molecule has 0 bridgehead atoms. The first-order chi connectivity index (χ1) is 10.1.